The summed E-state index contributed by atoms with van der Waals surface area (Å²) < 4.78 is 44.3. The van der Waals surface area contributed by atoms with Crippen LogP contribution in [-0.4, -0.2) is 89.6 Å². The van der Waals surface area contributed by atoms with Crippen LogP contribution < -0.4 is 9.47 Å². The normalized spacial score (nSPS) is 16.2. The van der Waals surface area contributed by atoms with Gasteiger partial charge < -0.3 is 14.2 Å². The molecule has 0 saturated carbocycles. The maximum atomic E-state index is 12.8. The number of hydrogen-bond acceptors (Lipinski definition) is 6. The molecule has 0 aromatic heterocycles. The van der Waals surface area contributed by atoms with Crippen LogP contribution in [0.4, 0.5) is 0 Å². The molecule has 1 fully saturated rings. The highest BCUT2D eigenvalue weighted by molar-refractivity contribution is 7.86. The highest BCUT2D eigenvalue weighted by Gasteiger charge is 2.26. The van der Waals surface area contributed by atoms with E-state index >= 15 is 0 Å². The molecule has 0 bridgehead atoms. The molecule has 1 aromatic rings. The average molecular weight is 388 g/mol. The molecular weight excluding hydrogens is 358 g/mol. The summed E-state index contributed by atoms with van der Waals surface area (Å²) in [5.41, 5.74) is 0.763. The Morgan fingerprint density at radius 1 is 1.15 bits per heavy atom. The van der Waals surface area contributed by atoms with Gasteiger partial charge in [0.25, 0.3) is 10.2 Å². The van der Waals surface area contributed by atoms with Gasteiger partial charge in [0.2, 0.25) is 0 Å². The monoisotopic (exact) mass is 387 g/mol. The van der Waals surface area contributed by atoms with Gasteiger partial charge in [0, 0.05) is 52.4 Å². The van der Waals surface area contributed by atoms with Crippen molar-refractivity contribution in [2.45, 2.75) is 6.54 Å². The van der Waals surface area contributed by atoms with Gasteiger partial charge >= 0.3 is 0 Å². The van der Waals surface area contributed by atoms with Crippen LogP contribution in [0.5, 0.6) is 11.5 Å². The Morgan fingerprint density at radius 3 is 2.42 bits per heavy atom. The lowest BCUT2D eigenvalue weighted by Gasteiger charge is -2.31. The minimum atomic E-state index is -3.57. The second-order valence-electron chi connectivity index (χ2n) is 6.26. The first-order valence-electron chi connectivity index (χ1n) is 8.57. The zero-order valence-electron chi connectivity index (χ0n) is 16.0. The number of hydrogen-bond donors (Lipinski definition) is 0. The number of rotatable bonds is 9. The van der Waals surface area contributed by atoms with E-state index in [1.807, 2.05) is 6.07 Å². The Labute approximate surface area is 156 Å². The summed E-state index contributed by atoms with van der Waals surface area (Å²) in [4.78, 5) is 2.21. The molecular formula is C17H29N3O5S. The number of nitrogens with zero attached hydrogens (tertiary/aromatic N) is 3. The van der Waals surface area contributed by atoms with Crippen molar-refractivity contribution in [1.29, 1.82) is 0 Å². The molecule has 0 N–H and O–H groups in total. The van der Waals surface area contributed by atoms with E-state index in [-0.39, 0.29) is 6.54 Å². The Bertz CT molecular complexity index is 675. The molecule has 1 saturated heterocycles. The second kappa shape index (κ2) is 9.52. The number of morpholine rings is 1. The quantitative estimate of drug-likeness (QED) is 0.619. The molecule has 26 heavy (non-hydrogen) atoms. The lowest BCUT2D eigenvalue weighted by atomic mass is 10.2. The molecule has 1 aromatic carbocycles. The van der Waals surface area contributed by atoms with E-state index in [2.05, 4.69) is 4.90 Å². The molecule has 0 aliphatic carbocycles. The molecule has 2 rings (SSSR count). The van der Waals surface area contributed by atoms with Crippen molar-refractivity contribution in [2.75, 3.05) is 67.7 Å². The lowest BCUT2D eigenvalue weighted by molar-refractivity contribution is 0.0360. The van der Waals surface area contributed by atoms with Crippen LogP contribution in [0.15, 0.2) is 18.2 Å². The lowest BCUT2D eigenvalue weighted by Crippen LogP contribution is -2.45. The zero-order valence-corrected chi connectivity index (χ0v) is 16.8. The maximum Gasteiger partial charge on any atom is 0.281 e. The highest BCUT2D eigenvalue weighted by atomic mass is 32.2. The van der Waals surface area contributed by atoms with Gasteiger partial charge in [0.1, 0.15) is 11.5 Å². The van der Waals surface area contributed by atoms with Gasteiger partial charge in [-0.3, -0.25) is 4.90 Å². The molecule has 1 aliphatic rings. The Kier molecular flexibility index (Phi) is 7.66. The summed E-state index contributed by atoms with van der Waals surface area (Å²) in [5, 5.41) is 0. The molecule has 148 valence electrons. The standard InChI is InChI=1S/C17H29N3O5S/c1-18(2)26(21,22)20(8-7-19-9-11-25-12-10-19)14-15-13-16(23-3)5-6-17(15)24-4/h5-6,13H,7-12,14H2,1-4H3. The Balaban J connectivity index is 2.20. The summed E-state index contributed by atoms with van der Waals surface area (Å²) in [6.07, 6.45) is 0. The highest BCUT2D eigenvalue weighted by Crippen LogP contribution is 2.26. The van der Waals surface area contributed by atoms with Crippen LogP contribution in [0.25, 0.3) is 0 Å². The fourth-order valence-corrected chi connectivity index (χ4v) is 3.86. The van der Waals surface area contributed by atoms with E-state index in [1.54, 1.807) is 40.4 Å². The number of ether oxygens (including phenoxy) is 3. The van der Waals surface area contributed by atoms with Gasteiger partial charge in [-0.15, -0.1) is 0 Å². The van der Waals surface area contributed by atoms with Crippen LogP contribution in [0, 0.1) is 0 Å². The topological polar surface area (TPSA) is 71.5 Å². The summed E-state index contributed by atoms with van der Waals surface area (Å²) in [6, 6.07) is 5.39. The van der Waals surface area contributed by atoms with Gasteiger partial charge in [-0.25, -0.2) is 0 Å². The molecule has 0 amide bonds. The zero-order chi connectivity index (χ0) is 19.2. The first-order chi connectivity index (χ1) is 12.4. The van der Waals surface area contributed by atoms with Crippen molar-refractivity contribution in [1.82, 2.24) is 13.5 Å². The third kappa shape index (κ3) is 5.31. The predicted octanol–water partition coefficient (Wildman–Crippen LogP) is 0.644. The molecule has 8 nitrogen and oxygen atoms in total. The van der Waals surface area contributed by atoms with Crippen molar-refractivity contribution in [3.8, 4) is 11.5 Å². The van der Waals surface area contributed by atoms with Gasteiger partial charge in [-0.05, 0) is 18.2 Å². The molecule has 9 heteroatoms. The van der Waals surface area contributed by atoms with E-state index < -0.39 is 10.2 Å². The SMILES string of the molecule is COc1ccc(OC)c(CN(CCN2CCOCC2)S(=O)(=O)N(C)C)c1. The van der Waals surface area contributed by atoms with Gasteiger partial charge in [0.15, 0.2) is 0 Å². The minimum absolute atomic E-state index is 0.214. The van der Waals surface area contributed by atoms with E-state index in [0.29, 0.717) is 37.8 Å². The van der Waals surface area contributed by atoms with E-state index in [9.17, 15) is 8.42 Å². The van der Waals surface area contributed by atoms with Crippen molar-refractivity contribution >= 4 is 10.2 Å². The van der Waals surface area contributed by atoms with Crippen LogP contribution in [0.3, 0.4) is 0 Å². The molecule has 1 heterocycles. The largest absolute Gasteiger partial charge is 0.497 e. The van der Waals surface area contributed by atoms with Crippen molar-refractivity contribution in [3.05, 3.63) is 23.8 Å². The van der Waals surface area contributed by atoms with Crippen LogP contribution in [-0.2, 0) is 21.5 Å². The number of methoxy groups -OCH3 is 2. The van der Waals surface area contributed by atoms with Gasteiger partial charge in [-0.1, -0.05) is 0 Å². The maximum absolute atomic E-state index is 12.8. The minimum Gasteiger partial charge on any atom is -0.497 e. The van der Waals surface area contributed by atoms with E-state index in [1.165, 1.54) is 8.61 Å². The Morgan fingerprint density at radius 2 is 1.85 bits per heavy atom. The van der Waals surface area contributed by atoms with E-state index in [0.717, 1.165) is 18.7 Å². The fourth-order valence-electron chi connectivity index (χ4n) is 2.78. The fraction of sp³-hybridized carbons (Fsp3) is 0.647. The summed E-state index contributed by atoms with van der Waals surface area (Å²) in [7, 11) is 2.67. The van der Waals surface area contributed by atoms with Crippen LogP contribution in [0.2, 0.25) is 0 Å². The molecule has 0 spiro atoms. The predicted molar refractivity (Wildman–Crippen MR) is 99.8 cm³/mol. The first kappa shape index (κ1) is 20.9. The van der Waals surface area contributed by atoms with Crippen LogP contribution >= 0.6 is 0 Å². The van der Waals surface area contributed by atoms with Gasteiger partial charge in [0.05, 0.1) is 27.4 Å². The van der Waals surface area contributed by atoms with Crippen LogP contribution in [0.1, 0.15) is 5.56 Å². The van der Waals surface area contributed by atoms with Crippen molar-refractivity contribution in [2.24, 2.45) is 0 Å². The third-order valence-corrected chi connectivity index (χ3v) is 6.28. The molecule has 0 radical (unpaired) electrons. The average Bonchev–Trinajstić information content (AvgIpc) is 2.65. The summed E-state index contributed by atoms with van der Waals surface area (Å²) in [6.45, 7) is 4.26. The molecule has 1 aliphatic heterocycles. The molecule has 0 atom stereocenters. The van der Waals surface area contributed by atoms with Crippen molar-refractivity contribution in [3.63, 3.8) is 0 Å². The number of benzene rings is 1. The first-order valence-corrected chi connectivity index (χ1v) is 9.96. The molecule has 0 unspecified atom stereocenters. The smallest absolute Gasteiger partial charge is 0.281 e. The van der Waals surface area contributed by atoms with Gasteiger partial charge in [-0.2, -0.15) is 17.0 Å². The summed E-state index contributed by atoms with van der Waals surface area (Å²) in [5.74, 6) is 1.30. The van der Waals surface area contributed by atoms with E-state index in [4.69, 9.17) is 14.2 Å². The second-order valence-corrected chi connectivity index (χ2v) is 8.40. The Hall–Kier alpha value is -1.39. The third-order valence-electron chi connectivity index (χ3n) is 4.39. The van der Waals surface area contributed by atoms with Crippen molar-refractivity contribution < 1.29 is 22.6 Å². The summed E-state index contributed by atoms with van der Waals surface area (Å²) >= 11 is 0.